The van der Waals surface area contributed by atoms with Gasteiger partial charge in [-0.3, -0.25) is 25.7 Å². The largest absolute Gasteiger partial charge is 0.301 e. The Morgan fingerprint density at radius 3 is 2.48 bits per heavy atom. The Kier molecular flexibility index (Phi) is 6.35. The van der Waals surface area contributed by atoms with Crippen molar-refractivity contribution >= 4 is 23.3 Å². The van der Waals surface area contributed by atoms with E-state index < -0.39 is 15.5 Å². The van der Waals surface area contributed by atoms with Crippen LogP contribution in [0.25, 0.3) is 0 Å². The van der Waals surface area contributed by atoms with Crippen LogP contribution < -0.4 is 5.43 Å². The van der Waals surface area contributed by atoms with Gasteiger partial charge in [0, 0.05) is 12.3 Å². The van der Waals surface area contributed by atoms with E-state index in [4.69, 9.17) is 0 Å². The summed E-state index contributed by atoms with van der Waals surface area (Å²) in [5.41, 5.74) is 3.10. The Bertz CT molecular complexity index is 804. The monoisotopic (exact) mass is 340 g/mol. The molecule has 25 heavy (non-hydrogen) atoms. The minimum atomic E-state index is -0.694. The van der Waals surface area contributed by atoms with Crippen LogP contribution in [0.2, 0.25) is 0 Å². The molecule has 0 radical (unpaired) electrons. The van der Waals surface area contributed by atoms with E-state index in [2.05, 4.69) is 22.7 Å². The van der Waals surface area contributed by atoms with Gasteiger partial charge in [-0.25, -0.2) is 0 Å². The molecule has 0 saturated heterocycles. The van der Waals surface area contributed by atoms with E-state index in [1.807, 2.05) is 24.3 Å². The predicted molar refractivity (Wildman–Crippen MR) is 95.8 cm³/mol. The lowest BCUT2D eigenvalue weighted by Gasteiger charge is -2.01. The molecule has 8 nitrogen and oxygen atoms in total. The first-order chi connectivity index (χ1) is 12.1. The number of nitro benzene ring substituents is 2. The van der Waals surface area contributed by atoms with Crippen molar-refractivity contribution in [2.24, 2.45) is 5.10 Å². The fourth-order valence-corrected chi connectivity index (χ4v) is 2.08. The zero-order valence-electron chi connectivity index (χ0n) is 13.2. The number of nitrogens with one attached hydrogen (secondary N) is 1. The number of hydrogen-bond donors (Lipinski definition) is 1. The van der Waals surface area contributed by atoms with Crippen LogP contribution in [0.3, 0.4) is 0 Å². The summed E-state index contributed by atoms with van der Waals surface area (Å²) in [6.45, 7) is 0. The van der Waals surface area contributed by atoms with E-state index >= 15 is 0 Å². The number of allylic oxidation sites excluding steroid dienone is 2. The van der Waals surface area contributed by atoms with Gasteiger partial charge in [-0.05, 0) is 30.5 Å². The lowest BCUT2D eigenvalue weighted by atomic mass is 10.1. The molecule has 0 aliphatic rings. The van der Waals surface area contributed by atoms with Crippen molar-refractivity contribution < 1.29 is 9.85 Å². The van der Waals surface area contributed by atoms with Gasteiger partial charge in [-0.15, -0.1) is 0 Å². The van der Waals surface area contributed by atoms with E-state index in [-0.39, 0.29) is 11.4 Å². The van der Waals surface area contributed by atoms with E-state index in [0.717, 1.165) is 18.9 Å². The summed E-state index contributed by atoms with van der Waals surface area (Å²) in [5.74, 6) is 0. The Hall–Kier alpha value is -3.55. The Labute approximate surface area is 143 Å². The lowest BCUT2D eigenvalue weighted by molar-refractivity contribution is -0.393. The number of anilines is 1. The van der Waals surface area contributed by atoms with Gasteiger partial charge in [0.1, 0.15) is 5.69 Å². The van der Waals surface area contributed by atoms with E-state index in [1.165, 1.54) is 23.9 Å². The molecule has 0 aromatic heterocycles. The highest BCUT2D eigenvalue weighted by molar-refractivity contribution is 5.73. The quantitative estimate of drug-likeness (QED) is 0.442. The average Bonchev–Trinajstić information content (AvgIpc) is 2.61. The first-order valence-electron chi connectivity index (χ1n) is 7.49. The molecular weight excluding hydrogens is 324 g/mol. The molecule has 2 rings (SSSR count). The van der Waals surface area contributed by atoms with Gasteiger partial charge in [0.2, 0.25) is 0 Å². The van der Waals surface area contributed by atoms with Crippen LogP contribution in [0, 0.1) is 20.2 Å². The zero-order valence-corrected chi connectivity index (χ0v) is 13.2. The number of non-ortho nitro benzene ring substituents is 1. The maximum atomic E-state index is 11.0. The molecule has 0 bridgehead atoms. The summed E-state index contributed by atoms with van der Waals surface area (Å²) >= 11 is 0. The van der Waals surface area contributed by atoms with Crippen molar-refractivity contribution in [1.29, 1.82) is 0 Å². The van der Waals surface area contributed by atoms with Gasteiger partial charge in [0.05, 0.1) is 15.9 Å². The predicted octanol–water partition coefficient (Wildman–Crippen LogP) is 4.09. The van der Waals surface area contributed by atoms with Crippen LogP contribution >= 0.6 is 0 Å². The smallest absolute Gasteiger partial charge is 0.272 e. The van der Waals surface area contributed by atoms with E-state index in [1.54, 1.807) is 6.08 Å². The lowest BCUT2D eigenvalue weighted by Crippen LogP contribution is -1.98. The molecule has 0 atom stereocenters. The van der Waals surface area contributed by atoms with Crippen LogP contribution in [-0.4, -0.2) is 16.1 Å². The second kappa shape index (κ2) is 8.92. The van der Waals surface area contributed by atoms with Crippen molar-refractivity contribution in [3.8, 4) is 0 Å². The number of benzene rings is 2. The standard InChI is InChI=1S/C17H16N4O4/c22-20(23)15-10-11-16(17(13-15)21(24)25)19-18-12-6-2-5-9-14-7-3-1-4-8-14/h1-4,6-8,10-13,19H,5,9H2/b6-2+,18-12-. The number of nitrogens with zero attached hydrogens (tertiary/aromatic N) is 3. The van der Waals surface area contributed by atoms with Gasteiger partial charge in [-0.2, -0.15) is 5.10 Å². The van der Waals surface area contributed by atoms with Crippen molar-refractivity contribution in [3.05, 3.63) is 86.5 Å². The molecule has 2 aromatic rings. The first kappa shape index (κ1) is 17.8. The maximum Gasteiger partial charge on any atom is 0.301 e. The van der Waals surface area contributed by atoms with E-state index in [0.29, 0.717) is 0 Å². The summed E-state index contributed by atoms with van der Waals surface area (Å²) in [4.78, 5) is 20.3. The minimum Gasteiger partial charge on any atom is -0.272 e. The molecule has 0 aliphatic heterocycles. The van der Waals surface area contributed by atoms with Crippen LogP contribution in [0.1, 0.15) is 12.0 Å². The third-order valence-electron chi connectivity index (χ3n) is 3.31. The number of rotatable bonds is 8. The topological polar surface area (TPSA) is 111 Å². The Balaban J connectivity index is 1.89. The highest BCUT2D eigenvalue weighted by Crippen LogP contribution is 2.28. The third kappa shape index (κ3) is 5.54. The van der Waals surface area contributed by atoms with Crippen molar-refractivity contribution in [2.75, 3.05) is 5.43 Å². The minimum absolute atomic E-state index is 0.0875. The summed E-state index contributed by atoms with van der Waals surface area (Å²) in [5, 5.41) is 25.5. The average molecular weight is 340 g/mol. The van der Waals surface area contributed by atoms with Gasteiger partial charge in [-0.1, -0.05) is 36.4 Å². The Morgan fingerprint density at radius 1 is 1.04 bits per heavy atom. The van der Waals surface area contributed by atoms with Crippen molar-refractivity contribution in [3.63, 3.8) is 0 Å². The number of hydrogen-bond acceptors (Lipinski definition) is 6. The van der Waals surface area contributed by atoms with Crippen molar-refractivity contribution in [2.45, 2.75) is 12.8 Å². The molecule has 0 unspecified atom stereocenters. The molecule has 0 amide bonds. The fraction of sp³-hybridized carbons (Fsp3) is 0.118. The van der Waals surface area contributed by atoms with Gasteiger partial charge < -0.3 is 0 Å². The SMILES string of the molecule is O=[N+]([O-])c1ccc(N/N=C\C=C\CCc2ccccc2)c([N+](=O)[O-])c1. The van der Waals surface area contributed by atoms with Gasteiger partial charge >= 0.3 is 5.69 Å². The summed E-state index contributed by atoms with van der Waals surface area (Å²) < 4.78 is 0. The molecule has 0 fully saturated rings. The molecule has 0 aliphatic carbocycles. The second-order valence-corrected chi connectivity index (χ2v) is 5.06. The van der Waals surface area contributed by atoms with Gasteiger partial charge in [0.25, 0.3) is 5.69 Å². The van der Waals surface area contributed by atoms with E-state index in [9.17, 15) is 20.2 Å². The normalized spacial score (nSPS) is 11.0. The van der Waals surface area contributed by atoms with Crippen LogP contribution in [0.15, 0.2) is 65.8 Å². The van der Waals surface area contributed by atoms with Crippen LogP contribution in [-0.2, 0) is 6.42 Å². The number of hydrazone groups is 1. The summed E-state index contributed by atoms with van der Waals surface area (Å²) in [7, 11) is 0. The molecule has 1 N–H and O–H groups in total. The molecule has 0 saturated carbocycles. The number of aryl methyl sites for hydroxylation is 1. The number of nitro groups is 2. The zero-order chi connectivity index (χ0) is 18.1. The first-order valence-corrected chi connectivity index (χ1v) is 7.49. The highest BCUT2D eigenvalue weighted by atomic mass is 16.6. The molecule has 128 valence electrons. The highest BCUT2D eigenvalue weighted by Gasteiger charge is 2.18. The van der Waals surface area contributed by atoms with Crippen LogP contribution in [0.4, 0.5) is 17.1 Å². The summed E-state index contributed by atoms with van der Waals surface area (Å²) in [6, 6.07) is 13.4. The molecule has 8 heteroatoms. The molecule has 0 spiro atoms. The molecule has 0 heterocycles. The van der Waals surface area contributed by atoms with Crippen LogP contribution in [0.5, 0.6) is 0 Å². The van der Waals surface area contributed by atoms with Crippen molar-refractivity contribution in [1.82, 2.24) is 0 Å². The third-order valence-corrected chi connectivity index (χ3v) is 3.31. The maximum absolute atomic E-state index is 11.0. The Morgan fingerprint density at radius 2 is 1.80 bits per heavy atom. The second-order valence-electron chi connectivity index (χ2n) is 5.06. The molecule has 2 aromatic carbocycles. The van der Waals surface area contributed by atoms with Gasteiger partial charge in [0.15, 0.2) is 0 Å². The fourth-order valence-electron chi connectivity index (χ4n) is 2.08. The summed E-state index contributed by atoms with van der Waals surface area (Å²) in [6.07, 6.45) is 6.88. The molecular formula is C17H16N4O4.